The van der Waals surface area contributed by atoms with Crippen LogP contribution >= 0.6 is 0 Å². The van der Waals surface area contributed by atoms with E-state index in [1.807, 2.05) is 27.7 Å². The molecule has 0 amide bonds. The summed E-state index contributed by atoms with van der Waals surface area (Å²) >= 11 is 0. The predicted octanol–water partition coefficient (Wildman–Crippen LogP) is 8.42. The average Bonchev–Trinajstić information content (AvgIpc) is 2.68. The van der Waals surface area contributed by atoms with Crippen LogP contribution < -0.4 is 5.32 Å². The highest BCUT2D eigenvalue weighted by molar-refractivity contribution is 5.65. The molecule has 2 aliphatic rings. The van der Waals surface area contributed by atoms with Gasteiger partial charge >= 0.3 is 0 Å². The summed E-state index contributed by atoms with van der Waals surface area (Å²) in [4.78, 5) is 0. The molecule has 1 N–H and O–H groups in total. The van der Waals surface area contributed by atoms with Gasteiger partial charge in [0.25, 0.3) is 0 Å². The van der Waals surface area contributed by atoms with Crippen molar-refractivity contribution in [3.05, 3.63) is 58.9 Å². The first-order valence-corrected chi connectivity index (χ1v) is 13.0. The first kappa shape index (κ1) is 27.1. The number of nitrogens with one attached hydrogen (secondary N) is 1. The topological polar surface area (TPSA) is 15.3 Å². The lowest BCUT2D eigenvalue weighted by Crippen LogP contribution is -2.57. The van der Waals surface area contributed by atoms with Gasteiger partial charge in [0.15, 0.2) is 0 Å². The molecule has 2 nitrogen and oxygen atoms in total. The van der Waals surface area contributed by atoms with E-state index < -0.39 is 28.5 Å². The van der Waals surface area contributed by atoms with Gasteiger partial charge in [-0.2, -0.15) is 0 Å². The minimum Gasteiger partial charge on any atom is -0.307 e. The highest BCUT2D eigenvalue weighted by atomic mass is 19.2. The Bertz CT molecular complexity index is 1090. The van der Waals surface area contributed by atoms with Crippen molar-refractivity contribution in [3.8, 4) is 11.1 Å². The molecule has 0 spiro atoms. The fourth-order valence-corrected chi connectivity index (χ4v) is 7.18. The van der Waals surface area contributed by atoms with Crippen LogP contribution in [0.4, 0.5) is 17.7 Å². The summed E-state index contributed by atoms with van der Waals surface area (Å²) in [5, 5.41) is 4.42. The van der Waals surface area contributed by atoms with Crippen LogP contribution in [-0.2, 0) is 0 Å². The van der Waals surface area contributed by atoms with Crippen LogP contribution in [0.3, 0.4) is 0 Å². The Morgan fingerprint density at radius 1 is 0.667 bits per heavy atom. The van der Waals surface area contributed by atoms with Crippen molar-refractivity contribution in [2.24, 2.45) is 0 Å². The van der Waals surface area contributed by atoms with E-state index in [0.29, 0.717) is 42.4 Å². The van der Waals surface area contributed by atoms with Crippen LogP contribution in [0.25, 0.3) is 11.1 Å². The lowest BCUT2D eigenvalue weighted by molar-refractivity contribution is -0.173. The summed E-state index contributed by atoms with van der Waals surface area (Å²) in [6, 6.07) is 7.40. The van der Waals surface area contributed by atoms with Crippen molar-refractivity contribution < 1.29 is 17.7 Å². The van der Waals surface area contributed by atoms with Crippen molar-refractivity contribution in [1.82, 2.24) is 10.4 Å². The van der Waals surface area contributed by atoms with E-state index in [4.69, 9.17) is 0 Å². The minimum atomic E-state index is -0.725. The van der Waals surface area contributed by atoms with Gasteiger partial charge in [-0.15, -0.1) is 9.60 Å². The van der Waals surface area contributed by atoms with Crippen LogP contribution in [0.5, 0.6) is 0 Å². The molecule has 2 saturated heterocycles. The van der Waals surface area contributed by atoms with Gasteiger partial charge in [0.1, 0.15) is 17.5 Å². The second kappa shape index (κ2) is 8.83. The molecule has 0 unspecified atom stereocenters. The minimum absolute atomic E-state index is 0.112. The first-order chi connectivity index (χ1) is 16.4. The highest BCUT2D eigenvalue weighted by Gasteiger charge is 2.47. The lowest BCUT2D eigenvalue weighted by Gasteiger charge is -2.50. The lowest BCUT2D eigenvalue weighted by atomic mass is 9.72. The van der Waals surface area contributed by atoms with Gasteiger partial charge in [-0.05, 0) is 128 Å². The van der Waals surface area contributed by atoms with E-state index in [-0.39, 0.29) is 28.5 Å². The van der Waals surface area contributed by atoms with Gasteiger partial charge < -0.3 is 5.32 Å². The summed E-state index contributed by atoms with van der Waals surface area (Å²) in [6.07, 6.45) is 2.20. The third-order valence-electron chi connectivity index (χ3n) is 8.01. The third-order valence-corrected chi connectivity index (χ3v) is 8.01. The monoisotopic (exact) mass is 504 g/mol. The Labute approximate surface area is 213 Å². The fraction of sp³-hybridized carbons (Fsp3) is 0.600. The number of rotatable bonds is 3. The Balaban J connectivity index is 1.64. The quantitative estimate of drug-likeness (QED) is 0.333. The molecular formula is C30H40F4N2. The van der Waals surface area contributed by atoms with Gasteiger partial charge in [0.2, 0.25) is 0 Å². The van der Waals surface area contributed by atoms with Gasteiger partial charge in [0.05, 0.1) is 0 Å². The molecule has 0 atom stereocenters. The number of hydrogen-bond acceptors (Lipinski definition) is 2. The van der Waals surface area contributed by atoms with Crippen molar-refractivity contribution in [1.29, 1.82) is 0 Å². The van der Waals surface area contributed by atoms with Crippen LogP contribution in [-0.4, -0.2) is 27.3 Å². The molecule has 0 radical (unpaired) electrons. The Morgan fingerprint density at radius 3 is 1.61 bits per heavy atom. The number of piperidine rings is 2. The van der Waals surface area contributed by atoms with Crippen LogP contribution in [0.15, 0.2) is 30.3 Å². The van der Waals surface area contributed by atoms with Crippen LogP contribution in [0.1, 0.15) is 104 Å². The zero-order chi connectivity index (χ0) is 26.8. The molecule has 2 aromatic carbocycles. The standard InChI is InChI=1S/C30H40F4N2/c1-27(2)14-21(15-28(3,4)35-27)26-24(32)12-19(13-25(26)33)18-9-10-22(23(31)11-18)20-16-29(5,6)36(34)30(7,8)17-20/h9-13,20-21,35H,14-17H2,1-8H3. The van der Waals surface area contributed by atoms with E-state index in [1.54, 1.807) is 12.1 Å². The zero-order valence-electron chi connectivity index (χ0n) is 22.8. The fourth-order valence-electron chi connectivity index (χ4n) is 7.18. The molecule has 2 fully saturated rings. The van der Waals surface area contributed by atoms with E-state index in [1.165, 1.54) is 18.2 Å². The summed E-state index contributed by atoms with van der Waals surface area (Å²) < 4.78 is 60.9. The van der Waals surface area contributed by atoms with E-state index in [9.17, 15) is 4.48 Å². The second-order valence-electron chi connectivity index (χ2n) is 13.6. The number of benzene rings is 2. The Morgan fingerprint density at radius 2 is 1.14 bits per heavy atom. The van der Waals surface area contributed by atoms with Crippen LogP contribution in [0.2, 0.25) is 0 Å². The van der Waals surface area contributed by atoms with E-state index in [0.717, 1.165) is 5.12 Å². The van der Waals surface area contributed by atoms with Crippen molar-refractivity contribution in [2.45, 2.75) is 115 Å². The summed E-state index contributed by atoms with van der Waals surface area (Å²) in [5.74, 6) is -2.02. The number of hydrogen-bond donors (Lipinski definition) is 1. The maximum absolute atomic E-state index is 15.4. The number of halogens is 4. The molecule has 198 valence electrons. The molecule has 2 heterocycles. The molecule has 0 bridgehead atoms. The van der Waals surface area contributed by atoms with Gasteiger partial charge in [0, 0.05) is 27.7 Å². The third kappa shape index (κ3) is 5.22. The van der Waals surface area contributed by atoms with Gasteiger partial charge in [-0.3, -0.25) is 0 Å². The molecule has 2 aromatic rings. The van der Waals surface area contributed by atoms with Crippen molar-refractivity contribution >= 4 is 0 Å². The maximum Gasteiger partial charge on any atom is 0.130 e. The maximum atomic E-state index is 15.4. The Kier molecular flexibility index (Phi) is 6.66. The SMILES string of the molecule is CC1(C)CC(c2c(F)cc(-c3ccc(C4CC(C)(C)N(F)C(C)(C)C4)c(F)c3)cc2F)CC(C)(C)N1. The molecular weight excluding hydrogens is 464 g/mol. The Hall–Kier alpha value is -1.92. The highest BCUT2D eigenvalue weighted by Crippen LogP contribution is 2.47. The molecule has 0 aromatic heterocycles. The zero-order valence-corrected chi connectivity index (χ0v) is 22.8. The predicted molar refractivity (Wildman–Crippen MR) is 138 cm³/mol. The molecule has 0 saturated carbocycles. The largest absolute Gasteiger partial charge is 0.307 e. The molecule has 6 heteroatoms. The second-order valence-corrected chi connectivity index (χ2v) is 13.6. The normalized spacial score (nSPS) is 24.1. The average molecular weight is 505 g/mol. The molecule has 0 aliphatic carbocycles. The molecule has 4 rings (SSSR count). The summed E-state index contributed by atoms with van der Waals surface area (Å²) in [6.45, 7) is 15.5. The summed E-state index contributed by atoms with van der Waals surface area (Å²) in [7, 11) is 0. The summed E-state index contributed by atoms with van der Waals surface area (Å²) in [5.41, 5.74) is -0.576. The van der Waals surface area contributed by atoms with E-state index in [2.05, 4.69) is 33.0 Å². The molecule has 2 aliphatic heterocycles. The smallest absolute Gasteiger partial charge is 0.130 e. The molecule has 36 heavy (non-hydrogen) atoms. The van der Waals surface area contributed by atoms with Crippen molar-refractivity contribution in [3.63, 3.8) is 0 Å². The van der Waals surface area contributed by atoms with Crippen molar-refractivity contribution in [2.75, 3.05) is 0 Å². The van der Waals surface area contributed by atoms with Gasteiger partial charge in [-0.25, -0.2) is 13.2 Å². The number of nitrogens with zero attached hydrogens (tertiary/aromatic N) is 1. The first-order valence-electron chi connectivity index (χ1n) is 13.0. The van der Waals surface area contributed by atoms with Crippen LogP contribution in [0, 0.1) is 17.5 Å². The van der Waals surface area contributed by atoms with E-state index >= 15 is 13.2 Å². The van der Waals surface area contributed by atoms with Gasteiger partial charge in [-0.1, -0.05) is 12.1 Å².